The smallest absolute Gasteiger partial charge is 0.326 e. The fourth-order valence-electron chi connectivity index (χ4n) is 13.8. The molecule has 128 heavy (non-hydrogen) atoms. The van der Waals surface area contributed by atoms with E-state index in [1.165, 1.54) is 17.0 Å². The van der Waals surface area contributed by atoms with Crippen molar-refractivity contribution in [1.29, 1.82) is 0 Å². The van der Waals surface area contributed by atoms with Crippen LogP contribution in [0.15, 0.2) is 60.8 Å². The van der Waals surface area contributed by atoms with E-state index in [0.717, 1.165) is 6.92 Å². The standard InChI is InChI=1S/C82H124N20O26/c1-40(2)30-53(95-77(122)58(36-66(111)112)97-78(123)60(39-104)100-74(119)55(33-44-16-9-8-10-17-44)98-80(125)67(43(7)105)101-71(116)51(24-27-65(109)110)90-76(121)57(35-64(87)108)93-68(113)47(84)38-103)72(117)96-56(34-45-37-88-48-19-12-11-18-46(45)48)75(120)89-49(20-13-14-28-83)69(114)94-54(31-41(3)4)73(118)99-59(32-42(5)6)81(126)102-29-15-21-61(102)79(124)91-50(22-25-62(85)106)70(115)92-52(82(127)128)23-26-63(86)107/h8-12,16-19,37,40-43,47,49-61,67,88,103-105H,13-15,20-36,38-39,83-84H2,1-7H3,(H2,85,106)(H2,86,107)(H2,87,108)(H,89,120)(H,90,121)(H,91,124)(H,92,115)(H,93,113)(H,94,114)(H,95,122)(H,96,117)(H,97,123)(H,98,125)(H,99,118)(H,100,119)(H,101,116)(H,109,110)(H,111,112)(H,127,128)/t43-,47+,49+,50+,51+,52+,53+,54+,55+,56+,57+,58+,59+,60+,61+,67+/m1/s1. The summed E-state index contributed by atoms with van der Waals surface area (Å²) in [4.78, 5) is 276. The van der Waals surface area contributed by atoms with Gasteiger partial charge in [-0.25, -0.2) is 4.79 Å². The van der Waals surface area contributed by atoms with Gasteiger partial charge in [0.1, 0.15) is 90.6 Å². The molecule has 4 rings (SSSR count). The van der Waals surface area contributed by atoms with Gasteiger partial charge in [-0.1, -0.05) is 90.1 Å². The number of benzene rings is 2. The summed E-state index contributed by atoms with van der Waals surface area (Å²) in [6, 6.07) is -10.9. The molecule has 0 saturated carbocycles. The van der Waals surface area contributed by atoms with Crippen LogP contribution < -0.4 is 97.8 Å². The third kappa shape index (κ3) is 36.6. The maximum atomic E-state index is 15.2. The zero-order valence-corrected chi connectivity index (χ0v) is 72.5. The van der Waals surface area contributed by atoms with Crippen LogP contribution in [0.25, 0.3) is 10.9 Å². The Morgan fingerprint density at radius 3 is 1.37 bits per heavy atom. The van der Waals surface area contributed by atoms with Crippen molar-refractivity contribution in [3.63, 3.8) is 0 Å². The van der Waals surface area contributed by atoms with Crippen LogP contribution >= 0.6 is 0 Å². The largest absolute Gasteiger partial charge is 0.481 e. The Kier molecular flexibility index (Phi) is 45.0. The molecule has 46 nitrogen and oxygen atoms in total. The van der Waals surface area contributed by atoms with E-state index >= 15 is 9.59 Å². The molecule has 16 atom stereocenters. The second-order valence-electron chi connectivity index (χ2n) is 32.6. The van der Waals surface area contributed by atoms with Crippen molar-refractivity contribution in [3.05, 3.63) is 71.9 Å². The van der Waals surface area contributed by atoms with Crippen molar-refractivity contribution in [2.45, 2.75) is 261 Å². The number of rotatable bonds is 58. The van der Waals surface area contributed by atoms with Gasteiger partial charge in [-0.3, -0.25) is 91.1 Å². The van der Waals surface area contributed by atoms with Crippen LogP contribution in [0.1, 0.15) is 162 Å². The first-order chi connectivity index (χ1) is 60.3. The van der Waals surface area contributed by atoms with Gasteiger partial charge in [0.05, 0.1) is 32.2 Å². The van der Waals surface area contributed by atoms with Crippen molar-refractivity contribution >= 4 is 129 Å². The lowest BCUT2D eigenvalue weighted by Crippen LogP contribution is -2.62. The Balaban J connectivity index is 1.65. The fourth-order valence-corrected chi connectivity index (χ4v) is 13.8. The number of carboxylic acids is 3. The molecule has 708 valence electrons. The Hall–Kier alpha value is -12.8. The Labute approximate surface area is 737 Å². The predicted molar refractivity (Wildman–Crippen MR) is 455 cm³/mol. The van der Waals surface area contributed by atoms with Crippen LogP contribution in [0.2, 0.25) is 0 Å². The van der Waals surface area contributed by atoms with Crippen LogP contribution in [0, 0.1) is 17.8 Å². The number of H-pyrrole nitrogens is 1. The summed E-state index contributed by atoms with van der Waals surface area (Å²) in [6.07, 6.45) is -5.91. The molecule has 3 aromatic rings. The molecule has 0 bridgehead atoms. The van der Waals surface area contributed by atoms with Crippen LogP contribution in [0.5, 0.6) is 0 Å². The molecule has 1 aliphatic rings. The van der Waals surface area contributed by atoms with Crippen LogP contribution in [-0.4, -0.2) is 282 Å². The highest BCUT2D eigenvalue weighted by molar-refractivity contribution is 6.02. The number of nitrogens with zero attached hydrogens (tertiary/aromatic N) is 1. The monoisotopic (exact) mass is 1800 g/mol. The summed E-state index contributed by atoms with van der Waals surface area (Å²) < 4.78 is 0. The van der Waals surface area contributed by atoms with Crippen molar-refractivity contribution in [3.8, 4) is 0 Å². The first-order valence-corrected chi connectivity index (χ1v) is 42.0. The number of fused-ring (bicyclic) bond motifs is 1. The highest BCUT2D eigenvalue weighted by Gasteiger charge is 2.43. The van der Waals surface area contributed by atoms with E-state index in [4.69, 9.17) is 28.7 Å². The molecule has 46 heteroatoms. The first kappa shape index (κ1) is 108. The molecular formula is C82H124N20O26. The Bertz CT molecular complexity index is 4380. The zero-order chi connectivity index (χ0) is 95.9. The predicted octanol–water partition coefficient (Wildman–Crippen LogP) is -6.96. The quantitative estimate of drug-likeness (QED) is 0.0234. The number of aromatic nitrogens is 1. The van der Waals surface area contributed by atoms with Crippen molar-refractivity contribution in [2.24, 2.45) is 46.4 Å². The van der Waals surface area contributed by atoms with Gasteiger partial charge in [0.15, 0.2) is 0 Å². The van der Waals surface area contributed by atoms with E-state index < -0.39 is 292 Å². The van der Waals surface area contributed by atoms with E-state index in [9.17, 15) is 117 Å². The average molecular weight is 1810 g/mol. The lowest BCUT2D eigenvalue weighted by Gasteiger charge is -2.32. The van der Waals surface area contributed by atoms with Gasteiger partial charge in [0.25, 0.3) is 0 Å². The maximum absolute atomic E-state index is 15.2. The number of carboxylic acid groups (broad SMARTS) is 3. The van der Waals surface area contributed by atoms with Crippen LogP contribution in [-0.2, 0) is 109 Å². The molecule has 17 amide bonds. The molecule has 0 radical (unpaired) electrons. The minimum absolute atomic E-state index is 0.00727. The number of para-hydroxylation sites is 1. The van der Waals surface area contributed by atoms with Gasteiger partial charge < -0.3 is 138 Å². The molecule has 0 spiro atoms. The molecule has 1 aliphatic heterocycles. The summed E-state index contributed by atoms with van der Waals surface area (Å²) in [6.45, 7) is 9.24. The van der Waals surface area contributed by atoms with Gasteiger partial charge in [-0.05, 0) is 119 Å². The first-order valence-electron chi connectivity index (χ1n) is 42.0. The van der Waals surface area contributed by atoms with E-state index in [2.05, 4.69) is 74.1 Å². The summed E-state index contributed by atoms with van der Waals surface area (Å²) in [5.74, 6) is -24.2. The molecule has 1 saturated heterocycles. The second-order valence-corrected chi connectivity index (χ2v) is 32.6. The number of carbonyl (C=O) groups excluding carboxylic acids is 17. The number of hydrogen-bond donors (Lipinski definition) is 25. The van der Waals surface area contributed by atoms with Gasteiger partial charge in [-0.15, -0.1) is 0 Å². The lowest BCUT2D eigenvalue weighted by atomic mass is 9.98. The number of aromatic amines is 1. The third-order valence-corrected chi connectivity index (χ3v) is 20.4. The molecule has 2 aromatic carbocycles. The molecule has 30 N–H and O–H groups in total. The molecule has 2 heterocycles. The number of hydrogen-bond acceptors (Lipinski definition) is 25. The SMILES string of the molecule is CC(C)C[C@H](NC(=O)[C@H](CC(=O)O)NC(=O)[C@H](CO)NC(=O)[C@H](Cc1ccccc1)NC(=O)[C@@H](NC(=O)[C@H](CCC(=O)O)NC(=O)[C@H](CC(N)=O)NC(=O)[C@@H](N)CO)[C@@H](C)O)C(=O)N[C@@H](Cc1c[nH]c2ccccc12)C(=O)N[C@@H](CCCCN)C(=O)N[C@@H](CC(C)C)C(=O)N[C@@H](CC(C)C)C(=O)N1CCC[C@H]1C(=O)N[C@@H](CCC(N)=O)C(=O)N[C@@H](CCC(N)=O)C(=O)O. The van der Waals surface area contributed by atoms with Crippen LogP contribution in [0.3, 0.4) is 0 Å². The van der Waals surface area contributed by atoms with E-state index in [-0.39, 0.29) is 76.3 Å². The number of nitrogens with two attached hydrogens (primary N) is 5. The number of aliphatic hydroxyl groups is 3. The topological polar surface area (TPSA) is 768 Å². The number of aliphatic carboxylic acids is 3. The van der Waals surface area contributed by atoms with Gasteiger partial charge >= 0.3 is 17.9 Å². The normalized spacial score (nSPS) is 16.0. The van der Waals surface area contributed by atoms with Crippen molar-refractivity contribution in [2.75, 3.05) is 26.3 Å². The fraction of sp³-hybridized carbons (Fsp3) is 0.585. The molecule has 0 unspecified atom stereocenters. The average Bonchev–Trinajstić information content (AvgIpc) is 1.67. The summed E-state index contributed by atoms with van der Waals surface area (Å²) >= 11 is 0. The van der Waals surface area contributed by atoms with Crippen molar-refractivity contribution in [1.82, 2.24) is 79.0 Å². The number of amides is 17. The number of unbranched alkanes of at least 4 members (excludes halogenated alkanes) is 1. The number of nitrogens with one attached hydrogen (secondary N) is 14. The molecule has 1 fully saturated rings. The van der Waals surface area contributed by atoms with Gasteiger partial charge in [-0.2, -0.15) is 0 Å². The summed E-state index contributed by atoms with van der Waals surface area (Å²) in [7, 11) is 0. The minimum Gasteiger partial charge on any atom is -0.481 e. The van der Waals surface area contributed by atoms with Gasteiger partial charge in [0, 0.05) is 55.7 Å². The highest BCUT2D eigenvalue weighted by Crippen LogP contribution is 2.24. The van der Waals surface area contributed by atoms with E-state index in [1.54, 1.807) is 90.2 Å². The van der Waals surface area contributed by atoms with E-state index in [1.807, 2.05) is 0 Å². The Morgan fingerprint density at radius 1 is 0.430 bits per heavy atom. The Morgan fingerprint density at radius 2 is 0.852 bits per heavy atom. The number of primary amides is 3. The van der Waals surface area contributed by atoms with Gasteiger partial charge in [0.2, 0.25) is 100 Å². The second kappa shape index (κ2) is 53.6. The summed E-state index contributed by atoms with van der Waals surface area (Å²) in [5, 5.41) is 92.4. The highest BCUT2D eigenvalue weighted by atomic mass is 16.4. The number of likely N-dealkylation sites (tertiary alicyclic amines) is 1. The zero-order valence-electron chi connectivity index (χ0n) is 72.5. The minimum atomic E-state index is -2.13. The van der Waals surface area contributed by atoms with E-state index in [0.29, 0.717) is 28.5 Å². The summed E-state index contributed by atoms with van der Waals surface area (Å²) in [5.41, 5.74) is 28.7. The molecule has 0 aliphatic carbocycles. The molecule has 1 aromatic heterocycles. The third-order valence-electron chi connectivity index (χ3n) is 20.4. The van der Waals surface area contributed by atoms with Crippen molar-refractivity contribution < 1.29 is 127 Å². The number of aliphatic hydroxyl groups excluding tert-OH is 3. The maximum Gasteiger partial charge on any atom is 0.326 e. The number of carbonyl (C=O) groups is 20. The van der Waals surface area contributed by atoms with Crippen LogP contribution in [0.4, 0.5) is 0 Å². The molecular weight excluding hydrogens is 1680 g/mol. The lowest BCUT2D eigenvalue weighted by molar-refractivity contribution is -0.144.